The maximum atomic E-state index is 12.3. The first-order chi connectivity index (χ1) is 12.0. The molecule has 0 saturated heterocycles. The summed E-state index contributed by atoms with van der Waals surface area (Å²) in [6.45, 7) is 0.514. The van der Waals surface area contributed by atoms with E-state index in [0.717, 1.165) is 4.88 Å². The topological polar surface area (TPSA) is 88.4 Å². The number of nitrogens with one attached hydrogen (secondary N) is 2. The van der Waals surface area contributed by atoms with Crippen molar-refractivity contribution >= 4 is 27.3 Å². The van der Waals surface area contributed by atoms with Gasteiger partial charge in [0.1, 0.15) is 5.76 Å². The van der Waals surface area contributed by atoms with Crippen molar-refractivity contribution in [1.82, 2.24) is 10.0 Å². The van der Waals surface area contributed by atoms with Crippen LogP contribution in [0.3, 0.4) is 0 Å². The highest BCUT2D eigenvalue weighted by molar-refractivity contribution is 7.89. The number of furan rings is 1. The fourth-order valence-corrected chi connectivity index (χ4v) is 3.87. The van der Waals surface area contributed by atoms with E-state index in [1.807, 2.05) is 17.5 Å². The second-order valence-corrected chi connectivity index (χ2v) is 7.99. The molecule has 130 valence electrons. The van der Waals surface area contributed by atoms with Crippen LogP contribution < -0.4 is 10.0 Å². The maximum absolute atomic E-state index is 12.3. The number of benzene rings is 1. The second-order valence-electron chi connectivity index (χ2n) is 5.19. The molecule has 2 aromatic heterocycles. The van der Waals surface area contributed by atoms with E-state index < -0.39 is 10.0 Å². The van der Waals surface area contributed by atoms with E-state index in [2.05, 4.69) is 10.0 Å². The predicted molar refractivity (Wildman–Crippen MR) is 94.7 cm³/mol. The van der Waals surface area contributed by atoms with Crippen molar-refractivity contribution in [3.8, 4) is 0 Å². The Bertz CT molecular complexity index is 916. The summed E-state index contributed by atoms with van der Waals surface area (Å²) in [6, 6.07) is 13.0. The molecule has 0 fully saturated rings. The lowest BCUT2D eigenvalue weighted by Gasteiger charge is -2.07. The van der Waals surface area contributed by atoms with Crippen LogP contribution in [0.25, 0.3) is 0 Å². The minimum Gasteiger partial charge on any atom is -0.467 e. The molecule has 6 nitrogen and oxygen atoms in total. The highest BCUT2D eigenvalue weighted by Crippen LogP contribution is 2.13. The van der Waals surface area contributed by atoms with Gasteiger partial charge in [0, 0.05) is 17.0 Å². The zero-order chi connectivity index (χ0) is 17.7. The Morgan fingerprint density at radius 3 is 2.48 bits per heavy atom. The molecular formula is C17H16N2O4S2. The standard InChI is InChI=1S/C17H16N2O4S2/c20-17(18-11-14-3-1-9-23-14)13-5-7-16(8-6-13)25(21,22)19-12-15-4-2-10-24-15/h1-10,19H,11-12H2,(H,18,20). The zero-order valence-electron chi connectivity index (χ0n) is 13.1. The lowest BCUT2D eigenvalue weighted by Crippen LogP contribution is -2.24. The van der Waals surface area contributed by atoms with Crippen LogP contribution >= 0.6 is 11.3 Å². The number of hydrogen-bond acceptors (Lipinski definition) is 5. The molecule has 3 rings (SSSR count). The van der Waals surface area contributed by atoms with Crippen LogP contribution in [0.15, 0.2) is 69.5 Å². The van der Waals surface area contributed by atoms with Gasteiger partial charge in [-0.15, -0.1) is 11.3 Å². The molecule has 25 heavy (non-hydrogen) atoms. The van der Waals surface area contributed by atoms with Gasteiger partial charge in [0.25, 0.3) is 5.91 Å². The van der Waals surface area contributed by atoms with Crippen molar-refractivity contribution in [2.24, 2.45) is 0 Å². The number of thiophene rings is 1. The van der Waals surface area contributed by atoms with Gasteiger partial charge in [0.05, 0.1) is 17.7 Å². The van der Waals surface area contributed by atoms with Gasteiger partial charge in [-0.1, -0.05) is 6.07 Å². The van der Waals surface area contributed by atoms with E-state index in [-0.39, 0.29) is 23.9 Å². The van der Waals surface area contributed by atoms with Gasteiger partial charge in [0.2, 0.25) is 10.0 Å². The van der Waals surface area contributed by atoms with Crippen molar-refractivity contribution in [2.45, 2.75) is 18.0 Å². The van der Waals surface area contributed by atoms with Crippen molar-refractivity contribution in [1.29, 1.82) is 0 Å². The molecule has 3 aromatic rings. The molecule has 1 aromatic carbocycles. The van der Waals surface area contributed by atoms with Crippen LogP contribution in [-0.2, 0) is 23.1 Å². The Balaban J connectivity index is 1.61. The molecule has 0 aliphatic heterocycles. The molecule has 0 saturated carbocycles. The van der Waals surface area contributed by atoms with Crippen molar-refractivity contribution in [3.63, 3.8) is 0 Å². The summed E-state index contributed by atoms with van der Waals surface area (Å²) in [7, 11) is -3.62. The van der Waals surface area contributed by atoms with Crippen LogP contribution in [-0.4, -0.2) is 14.3 Å². The Labute approximate surface area is 149 Å². The fourth-order valence-electron chi connectivity index (χ4n) is 2.13. The van der Waals surface area contributed by atoms with Crippen LogP contribution in [0.4, 0.5) is 0 Å². The summed E-state index contributed by atoms with van der Waals surface area (Å²) in [5.74, 6) is 0.345. The molecule has 0 radical (unpaired) electrons. The van der Waals surface area contributed by atoms with Gasteiger partial charge in [0.15, 0.2) is 0 Å². The smallest absolute Gasteiger partial charge is 0.251 e. The quantitative estimate of drug-likeness (QED) is 0.664. The summed E-state index contributed by atoms with van der Waals surface area (Å²) < 4.78 is 32.2. The molecular weight excluding hydrogens is 360 g/mol. The first-order valence-electron chi connectivity index (χ1n) is 7.47. The van der Waals surface area contributed by atoms with Gasteiger partial charge in [-0.05, 0) is 47.8 Å². The minimum absolute atomic E-state index is 0.117. The predicted octanol–water partition coefficient (Wildman–Crippen LogP) is 2.75. The molecule has 1 amide bonds. The average Bonchev–Trinajstić information content (AvgIpc) is 3.31. The molecule has 0 aliphatic carbocycles. The summed E-state index contributed by atoms with van der Waals surface area (Å²) in [5, 5.41) is 4.60. The van der Waals surface area contributed by atoms with Gasteiger partial charge in [-0.3, -0.25) is 4.79 Å². The molecule has 2 heterocycles. The Morgan fingerprint density at radius 2 is 1.84 bits per heavy atom. The van der Waals surface area contributed by atoms with Crippen LogP contribution in [0.5, 0.6) is 0 Å². The van der Waals surface area contributed by atoms with E-state index in [1.165, 1.54) is 41.9 Å². The van der Waals surface area contributed by atoms with E-state index >= 15 is 0 Å². The van der Waals surface area contributed by atoms with Crippen LogP contribution in [0.1, 0.15) is 21.0 Å². The summed E-state index contributed by atoms with van der Waals surface area (Å²) in [6.07, 6.45) is 1.53. The largest absolute Gasteiger partial charge is 0.467 e. The first kappa shape index (κ1) is 17.4. The minimum atomic E-state index is -3.62. The summed E-state index contributed by atoms with van der Waals surface area (Å²) in [4.78, 5) is 13.1. The molecule has 0 spiro atoms. The number of hydrogen-bond donors (Lipinski definition) is 2. The van der Waals surface area contributed by atoms with Crippen LogP contribution in [0, 0.1) is 0 Å². The molecule has 0 unspecified atom stereocenters. The third kappa shape index (κ3) is 4.56. The van der Waals surface area contributed by atoms with Crippen molar-refractivity contribution in [3.05, 3.63) is 76.4 Å². The van der Waals surface area contributed by atoms with Crippen molar-refractivity contribution in [2.75, 3.05) is 0 Å². The van der Waals surface area contributed by atoms with Gasteiger partial charge >= 0.3 is 0 Å². The lowest BCUT2D eigenvalue weighted by molar-refractivity contribution is 0.0948. The summed E-state index contributed by atoms with van der Waals surface area (Å²) in [5.41, 5.74) is 0.378. The van der Waals surface area contributed by atoms with E-state index in [1.54, 1.807) is 12.1 Å². The second kappa shape index (κ2) is 7.64. The number of sulfonamides is 1. The highest BCUT2D eigenvalue weighted by Gasteiger charge is 2.15. The Morgan fingerprint density at radius 1 is 1.04 bits per heavy atom. The monoisotopic (exact) mass is 376 g/mol. The zero-order valence-corrected chi connectivity index (χ0v) is 14.8. The fraction of sp³-hybridized carbons (Fsp3) is 0.118. The maximum Gasteiger partial charge on any atom is 0.251 e. The van der Waals surface area contributed by atoms with E-state index in [4.69, 9.17) is 4.42 Å². The highest BCUT2D eigenvalue weighted by atomic mass is 32.2. The number of rotatable bonds is 7. The first-order valence-corrected chi connectivity index (χ1v) is 9.83. The van der Waals surface area contributed by atoms with Crippen molar-refractivity contribution < 1.29 is 17.6 Å². The van der Waals surface area contributed by atoms with E-state index in [9.17, 15) is 13.2 Å². The average molecular weight is 376 g/mol. The third-order valence-electron chi connectivity index (χ3n) is 3.45. The Hall–Kier alpha value is -2.42. The molecule has 0 aliphatic rings. The lowest BCUT2D eigenvalue weighted by atomic mass is 10.2. The van der Waals surface area contributed by atoms with E-state index in [0.29, 0.717) is 11.3 Å². The molecule has 2 N–H and O–H groups in total. The normalized spacial score (nSPS) is 11.4. The number of carbonyl (C=O) groups excluding carboxylic acids is 1. The molecule has 0 atom stereocenters. The Kier molecular flexibility index (Phi) is 5.32. The number of amides is 1. The van der Waals surface area contributed by atoms with Gasteiger partial charge < -0.3 is 9.73 Å². The van der Waals surface area contributed by atoms with Crippen LogP contribution in [0.2, 0.25) is 0 Å². The SMILES string of the molecule is O=C(NCc1ccco1)c1ccc(S(=O)(=O)NCc2cccs2)cc1. The molecule has 8 heteroatoms. The summed E-state index contributed by atoms with van der Waals surface area (Å²) >= 11 is 1.48. The number of carbonyl (C=O) groups is 1. The van der Waals surface area contributed by atoms with Gasteiger partial charge in [-0.25, -0.2) is 13.1 Å². The third-order valence-corrected chi connectivity index (χ3v) is 5.74. The molecule has 0 bridgehead atoms. The van der Waals surface area contributed by atoms with Gasteiger partial charge in [-0.2, -0.15) is 0 Å².